The van der Waals surface area contributed by atoms with Crippen molar-refractivity contribution in [2.75, 3.05) is 48.2 Å². The van der Waals surface area contributed by atoms with Crippen molar-refractivity contribution in [3.05, 3.63) is 113 Å². The average molecular weight is 636 g/mol. The van der Waals surface area contributed by atoms with Gasteiger partial charge < -0.3 is 15.0 Å². The van der Waals surface area contributed by atoms with Crippen LogP contribution in [0.15, 0.2) is 106 Å². The first-order chi connectivity index (χ1) is 19.8. The molecule has 1 heterocycles. The predicted octanol–water partition coefficient (Wildman–Crippen LogP) is 5.83. The van der Waals surface area contributed by atoms with E-state index in [1.165, 1.54) is 12.1 Å². The van der Waals surface area contributed by atoms with Crippen molar-refractivity contribution >= 4 is 48.9 Å². The van der Waals surface area contributed by atoms with E-state index in [-0.39, 0.29) is 10.8 Å². The maximum Gasteiger partial charge on any atom is 0.261 e. The van der Waals surface area contributed by atoms with E-state index in [9.17, 15) is 13.2 Å². The number of hydrogen-bond donors (Lipinski definition) is 2. The molecule has 0 bridgehead atoms. The molecule has 41 heavy (non-hydrogen) atoms. The zero-order chi connectivity index (χ0) is 28.8. The van der Waals surface area contributed by atoms with Gasteiger partial charge >= 0.3 is 0 Å². The maximum absolute atomic E-state index is 12.8. The summed E-state index contributed by atoms with van der Waals surface area (Å²) >= 11 is 3.33. The van der Waals surface area contributed by atoms with Crippen LogP contribution in [-0.4, -0.2) is 52.5 Å². The Morgan fingerprint density at radius 3 is 2.12 bits per heavy atom. The molecule has 5 rings (SSSR count). The molecule has 212 valence electrons. The summed E-state index contributed by atoms with van der Waals surface area (Å²) in [6.45, 7) is 4.52. The molecule has 1 amide bonds. The zero-order valence-electron chi connectivity index (χ0n) is 22.6. The molecule has 1 aliphatic heterocycles. The molecular weight excluding hydrogens is 604 g/mol. The SMILES string of the molecule is COc1ccccc1N1CCN(Cc2ccc(C(=O)Nc3ccc(S(=O)(=O)Nc4ccc(Br)cc4)cc3)cc2)CC1. The Labute approximate surface area is 249 Å². The molecule has 1 saturated heterocycles. The smallest absolute Gasteiger partial charge is 0.261 e. The number of carbonyl (C=O) groups is 1. The first kappa shape index (κ1) is 28.7. The number of ether oxygens (including phenoxy) is 1. The second-order valence-electron chi connectivity index (χ2n) is 9.72. The number of benzene rings is 4. The van der Waals surface area contributed by atoms with E-state index >= 15 is 0 Å². The van der Waals surface area contributed by atoms with E-state index in [1.807, 2.05) is 42.5 Å². The Balaban J connectivity index is 1.13. The third-order valence-electron chi connectivity index (χ3n) is 6.94. The van der Waals surface area contributed by atoms with Gasteiger partial charge in [-0.25, -0.2) is 8.42 Å². The van der Waals surface area contributed by atoms with Gasteiger partial charge in [0.2, 0.25) is 0 Å². The van der Waals surface area contributed by atoms with Crippen LogP contribution in [-0.2, 0) is 16.6 Å². The van der Waals surface area contributed by atoms with Gasteiger partial charge in [0, 0.05) is 54.1 Å². The standard InChI is InChI=1S/C31H31BrN4O4S/c1-40-30-5-3-2-4-29(30)36-20-18-35(19-21-36)22-23-6-8-24(9-7-23)31(37)33-26-14-16-28(17-15-26)41(38,39)34-27-12-10-25(32)11-13-27/h2-17,34H,18-22H2,1H3,(H,33,37). The second-order valence-corrected chi connectivity index (χ2v) is 12.3. The Morgan fingerprint density at radius 2 is 1.46 bits per heavy atom. The molecular formula is C31H31BrN4O4S. The van der Waals surface area contributed by atoms with Gasteiger partial charge in [-0.1, -0.05) is 40.2 Å². The molecule has 0 unspecified atom stereocenters. The Kier molecular flexibility index (Phi) is 8.92. The summed E-state index contributed by atoms with van der Waals surface area (Å²) in [6.07, 6.45) is 0. The van der Waals surface area contributed by atoms with E-state index in [1.54, 1.807) is 43.5 Å². The molecule has 1 fully saturated rings. The summed E-state index contributed by atoms with van der Waals surface area (Å²) in [6, 6.07) is 28.6. The Bertz CT molecular complexity index is 1590. The van der Waals surface area contributed by atoms with Crippen LogP contribution in [0, 0.1) is 0 Å². The van der Waals surface area contributed by atoms with Crippen LogP contribution in [0.5, 0.6) is 5.75 Å². The van der Waals surface area contributed by atoms with Gasteiger partial charge in [-0.3, -0.25) is 14.4 Å². The van der Waals surface area contributed by atoms with Crippen LogP contribution in [0.1, 0.15) is 15.9 Å². The highest BCUT2D eigenvalue weighted by Gasteiger charge is 2.20. The molecule has 8 nitrogen and oxygen atoms in total. The molecule has 0 radical (unpaired) electrons. The monoisotopic (exact) mass is 634 g/mol. The summed E-state index contributed by atoms with van der Waals surface area (Å²) in [4.78, 5) is 17.7. The van der Waals surface area contributed by atoms with Gasteiger partial charge in [-0.2, -0.15) is 0 Å². The zero-order valence-corrected chi connectivity index (χ0v) is 25.0. The Hall–Kier alpha value is -3.86. The molecule has 0 aliphatic carbocycles. The predicted molar refractivity (Wildman–Crippen MR) is 166 cm³/mol. The highest BCUT2D eigenvalue weighted by Crippen LogP contribution is 2.28. The molecule has 0 aromatic heterocycles. The van der Waals surface area contributed by atoms with Gasteiger partial charge in [0.05, 0.1) is 17.7 Å². The third kappa shape index (κ3) is 7.27. The fraction of sp³-hybridized carbons (Fsp3) is 0.194. The van der Waals surface area contributed by atoms with Crippen LogP contribution < -0.4 is 19.7 Å². The molecule has 2 N–H and O–H groups in total. The number of rotatable bonds is 9. The van der Waals surface area contributed by atoms with Crippen molar-refractivity contribution in [2.45, 2.75) is 11.4 Å². The van der Waals surface area contributed by atoms with Crippen molar-refractivity contribution in [3.63, 3.8) is 0 Å². The van der Waals surface area contributed by atoms with Crippen molar-refractivity contribution < 1.29 is 17.9 Å². The van der Waals surface area contributed by atoms with E-state index < -0.39 is 10.0 Å². The van der Waals surface area contributed by atoms with E-state index in [0.717, 1.165) is 54.2 Å². The summed E-state index contributed by atoms with van der Waals surface area (Å²) in [5.74, 6) is 0.634. The summed E-state index contributed by atoms with van der Waals surface area (Å²) in [7, 11) is -2.05. The van der Waals surface area contributed by atoms with Crippen molar-refractivity contribution in [3.8, 4) is 5.75 Å². The fourth-order valence-corrected chi connectivity index (χ4v) is 6.03. The number of hydrogen-bond acceptors (Lipinski definition) is 6. The van der Waals surface area contributed by atoms with Crippen LogP contribution in [0.4, 0.5) is 17.1 Å². The lowest BCUT2D eigenvalue weighted by Gasteiger charge is -2.36. The fourth-order valence-electron chi connectivity index (χ4n) is 4.71. The maximum atomic E-state index is 12.8. The number of sulfonamides is 1. The number of halogens is 1. The van der Waals surface area contributed by atoms with E-state index in [4.69, 9.17) is 4.74 Å². The number of nitrogens with one attached hydrogen (secondary N) is 2. The van der Waals surface area contributed by atoms with Crippen molar-refractivity contribution in [1.82, 2.24) is 4.90 Å². The largest absolute Gasteiger partial charge is 0.495 e. The molecule has 4 aromatic rings. The molecule has 0 saturated carbocycles. The van der Waals surface area contributed by atoms with Gasteiger partial charge in [-0.15, -0.1) is 0 Å². The normalized spacial score (nSPS) is 14.0. The summed E-state index contributed by atoms with van der Waals surface area (Å²) in [5.41, 5.74) is 3.76. The molecule has 1 aliphatic rings. The van der Waals surface area contributed by atoms with Crippen LogP contribution in [0.2, 0.25) is 0 Å². The number of amides is 1. The van der Waals surface area contributed by atoms with Gasteiger partial charge in [-0.05, 0) is 78.4 Å². The molecule has 4 aromatic carbocycles. The lowest BCUT2D eigenvalue weighted by Crippen LogP contribution is -2.46. The number of anilines is 3. The highest BCUT2D eigenvalue weighted by molar-refractivity contribution is 9.10. The molecule has 0 atom stereocenters. The van der Waals surface area contributed by atoms with Gasteiger partial charge in [0.15, 0.2) is 0 Å². The summed E-state index contributed by atoms with van der Waals surface area (Å²) < 4.78 is 34.3. The quantitative estimate of drug-likeness (QED) is 0.241. The lowest BCUT2D eigenvalue weighted by molar-refractivity contribution is 0.102. The topological polar surface area (TPSA) is 91.0 Å². The number of carbonyl (C=O) groups excluding carboxylic acids is 1. The minimum absolute atomic E-state index is 0.103. The minimum Gasteiger partial charge on any atom is -0.495 e. The van der Waals surface area contributed by atoms with Crippen LogP contribution in [0.25, 0.3) is 0 Å². The molecule has 10 heteroatoms. The Morgan fingerprint density at radius 1 is 0.829 bits per heavy atom. The van der Waals surface area contributed by atoms with E-state index in [0.29, 0.717) is 16.9 Å². The van der Waals surface area contributed by atoms with Crippen LogP contribution in [0.3, 0.4) is 0 Å². The summed E-state index contributed by atoms with van der Waals surface area (Å²) in [5, 5.41) is 2.84. The second kappa shape index (κ2) is 12.8. The minimum atomic E-state index is -3.75. The van der Waals surface area contributed by atoms with Crippen molar-refractivity contribution in [2.24, 2.45) is 0 Å². The van der Waals surface area contributed by atoms with Gasteiger partial charge in [0.1, 0.15) is 5.75 Å². The first-order valence-electron chi connectivity index (χ1n) is 13.2. The van der Waals surface area contributed by atoms with E-state index in [2.05, 4.69) is 41.8 Å². The highest BCUT2D eigenvalue weighted by atomic mass is 79.9. The van der Waals surface area contributed by atoms with Crippen LogP contribution >= 0.6 is 15.9 Å². The first-order valence-corrected chi connectivity index (χ1v) is 15.5. The number of nitrogens with zero attached hydrogens (tertiary/aromatic N) is 2. The van der Waals surface area contributed by atoms with Gasteiger partial charge in [0.25, 0.3) is 15.9 Å². The van der Waals surface area contributed by atoms with Crippen molar-refractivity contribution in [1.29, 1.82) is 0 Å². The average Bonchev–Trinajstić information content (AvgIpc) is 2.99. The molecule has 0 spiro atoms. The number of methoxy groups -OCH3 is 1. The number of para-hydroxylation sites is 2. The number of piperazine rings is 1. The lowest BCUT2D eigenvalue weighted by atomic mass is 10.1. The third-order valence-corrected chi connectivity index (χ3v) is 8.87.